The maximum Gasteiger partial charge on any atom is 0.267 e. The number of halogens is 2. The number of hydrogen-bond acceptors (Lipinski definition) is 3. The van der Waals surface area contributed by atoms with Crippen LogP contribution in [0.3, 0.4) is 0 Å². The van der Waals surface area contributed by atoms with Gasteiger partial charge in [0.15, 0.2) is 0 Å². The topological polar surface area (TPSA) is 57.8 Å². The Bertz CT molecular complexity index is 597. The van der Waals surface area contributed by atoms with Crippen LogP contribution in [0, 0.1) is 0 Å². The van der Waals surface area contributed by atoms with Crippen LogP contribution in [0.4, 0.5) is 5.82 Å². The summed E-state index contributed by atoms with van der Waals surface area (Å²) in [5, 5.41) is 3.86. The molecule has 94 valence electrons. The lowest BCUT2D eigenvalue weighted by Gasteiger charge is -2.15. The van der Waals surface area contributed by atoms with Crippen LogP contribution in [0.2, 0.25) is 5.02 Å². The number of H-pyrrole nitrogens is 1. The first kappa shape index (κ1) is 13.1. The van der Waals surface area contributed by atoms with Gasteiger partial charge in [-0.1, -0.05) is 23.7 Å². The average molecular weight is 329 g/mol. The van der Waals surface area contributed by atoms with E-state index in [0.29, 0.717) is 15.3 Å². The second-order valence-electron chi connectivity index (χ2n) is 3.81. The first-order valence-corrected chi connectivity index (χ1v) is 6.50. The Morgan fingerprint density at radius 1 is 1.39 bits per heavy atom. The Labute approximate surface area is 118 Å². The normalized spacial score (nSPS) is 12.2. The molecule has 0 aliphatic rings. The van der Waals surface area contributed by atoms with Crippen LogP contribution < -0.4 is 10.9 Å². The van der Waals surface area contributed by atoms with Gasteiger partial charge in [0.1, 0.15) is 10.3 Å². The lowest BCUT2D eigenvalue weighted by molar-refractivity contribution is 0.867. The highest BCUT2D eigenvalue weighted by molar-refractivity contribution is 9.10. The summed E-state index contributed by atoms with van der Waals surface area (Å²) in [6, 6.07) is 7.54. The molecule has 2 rings (SSSR count). The van der Waals surface area contributed by atoms with Crippen LogP contribution in [0.1, 0.15) is 18.5 Å². The molecule has 0 amide bonds. The summed E-state index contributed by atoms with van der Waals surface area (Å²) in [5.74, 6) is 0.515. The van der Waals surface area contributed by atoms with Crippen LogP contribution in [0.25, 0.3) is 0 Å². The van der Waals surface area contributed by atoms with E-state index in [2.05, 4.69) is 31.2 Å². The summed E-state index contributed by atoms with van der Waals surface area (Å²) < 4.78 is 0.394. The van der Waals surface area contributed by atoms with Crippen molar-refractivity contribution in [3.63, 3.8) is 0 Å². The zero-order valence-corrected chi connectivity index (χ0v) is 11.9. The Hall–Kier alpha value is -1.33. The van der Waals surface area contributed by atoms with E-state index in [1.54, 1.807) is 0 Å². The van der Waals surface area contributed by atoms with Gasteiger partial charge < -0.3 is 10.3 Å². The molecule has 0 fully saturated rings. The number of nitrogens with one attached hydrogen (secondary N) is 2. The lowest BCUT2D eigenvalue weighted by Crippen LogP contribution is -2.14. The highest BCUT2D eigenvalue weighted by Gasteiger charge is 2.10. The third-order valence-electron chi connectivity index (χ3n) is 2.52. The monoisotopic (exact) mass is 327 g/mol. The number of benzene rings is 1. The van der Waals surface area contributed by atoms with Crippen molar-refractivity contribution in [2.45, 2.75) is 13.0 Å². The molecule has 1 unspecified atom stereocenters. The van der Waals surface area contributed by atoms with Gasteiger partial charge in [-0.2, -0.15) is 0 Å². The first-order valence-electron chi connectivity index (χ1n) is 5.33. The summed E-state index contributed by atoms with van der Waals surface area (Å²) >= 11 is 9.04. The molecule has 1 atom stereocenters. The fourth-order valence-corrected chi connectivity index (χ4v) is 1.98. The molecule has 0 saturated carbocycles. The molecule has 4 nitrogen and oxygen atoms in total. The van der Waals surface area contributed by atoms with Crippen molar-refractivity contribution in [1.29, 1.82) is 0 Å². The largest absolute Gasteiger partial charge is 0.362 e. The molecule has 0 radical (unpaired) electrons. The van der Waals surface area contributed by atoms with Gasteiger partial charge in [0.2, 0.25) is 0 Å². The van der Waals surface area contributed by atoms with Gasteiger partial charge in [0.05, 0.1) is 6.33 Å². The van der Waals surface area contributed by atoms with E-state index >= 15 is 0 Å². The van der Waals surface area contributed by atoms with E-state index in [1.807, 2.05) is 31.2 Å². The van der Waals surface area contributed by atoms with Gasteiger partial charge >= 0.3 is 0 Å². The Morgan fingerprint density at radius 2 is 2.06 bits per heavy atom. The third kappa shape index (κ3) is 2.91. The Balaban J connectivity index is 2.21. The predicted molar refractivity (Wildman–Crippen MR) is 76.0 cm³/mol. The average Bonchev–Trinajstić information content (AvgIpc) is 2.36. The standard InChI is InChI=1S/C12H11BrClN3O/c1-7(8-2-4-9(14)5-3-8)17-11-10(13)12(18)16-6-15-11/h2-7H,1H3,(H2,15,16,17,18). The number of anilines is 1. The number of rotatable bonds is 3. The maximum absolute atomic E-state index is 11.4. The summed E-state index contributed by atoms with van der Waals surface area (Å²) in [6.07, 6.45) is 1.37. The number of aromatic amines is 1. The molecule has 1 aromatic heterocycles. The summed E-state index contributed by atoms with van der Waals surface area (Å²) in [7, 11) is 0. The molecule has 2 aromatic rings. The van der Waals surface area contributed by atoms with Crippen molar-refractivity contribution < 1.29 is 0 Å². The van der Waals surface area contributed by atoms with Gasteiger partial charge in [0.25, 0.3) is 5.56 Å². The number of hydrogen-bond donors (Lipinski definition) is 2. The van der Waals surface area contributed by atoms with E-state index in [1.165, 1.54) is 6.33 Å². The van der Waals surface area contributed by atoms with Crippen LogP contribution in [0.5, 0.6) is 0 Å². The third-order valence-corrected chi connectivity index (χ3v) is 3.51. The molecular weight excluding hydrogens is 318 g/mol. The second-order valence-corrected chi connectivity index (χ2v) is 5.04. The van der Waals surface area contributed by atoms with Gasteiger partial charge in [-0.05, 0) is 40.5 Å². The highest BCUT2D eigenvalue weighted by Crippen LogP contribution is 2.22. The van der Waals surface area contributed by atoms with Crippen molar-refractivity contribution in [2.75, 3.05) is 5.32 Å². The zero-order valence-electron chi connectivity index (χ0n) is 9.58. The molecule has 6 heteroatoms. The maximum atomic E-state index is 11.4. The quantitative estimate of drug-likeness (QED) is 0.908. The molecule has 0 aliphatic heterocycles. The Kier molecular flexibility index (Phi) is 4.04. The van der Waals surface area contributed by atoms with E-state index in [0.717, 1.165) is 5.56 Å². The van der Waals surface area contributed by atoms with Crippen molar-refractivity contribution in [2.24, 2.45) is 0 Å². The van der Waals surface area contributed by atoms with Gasteiger partial charge in [-0.15, -0.1) is 0 Å². The van der Waals surface area contributed by atoms with Crippen LogP contribution in [-0.4, -0.2) is 9.97 Å². The summed E-state index contributed by atoms with van der Waals surface area (Å²) in [4.78, 5) is 18.0. The van der Waals surface area contributed by atoms with Gasteiger partial charge in [0, 0.05) is 11.1 Å². The molecule has 0 bridgehead atoms. The van der Waals surface area contributed by atoms with Crippen LogP contribution in [0.15, 0.2) is 39.9 Å². The van der Waals surface area contributed by atoms with Crippen molar-refractivity contribution in [3.8, 4) is 0 Å². The van der Waals surface area contributed by atoms with E-state index in [-0.39, 0.29) is 11.6 Å². The molecule has 1 heterocycles. The minimum atomic E-state index is -0.212. The molecule has 1 aromatic carbocycles. The van der Waals surface area contributed by atoms with E-state index in [9.17, 15) is 4.79 Å². The highest BCUT2D eigenvalue weighted by atomic mass is 79.9. The number of nitrogens with zero attached hydrogens (tertiary/aromatic N) is 1. The smallest absolute Gasteiger partial charge is 0.267 e. The Morgan fingerprint density at radius 3 is 2.72 bits per heavy atom. The summed E-state index contributed by atoms with van der Waals surface area (Å²) in [6.45, 7) is 1.98. The minimum absolute atomic E-state index is 0.0212. The zero-order chi connectivity index (χ0) is 13.1. The minimum Gasteiger partial charge on any atom is -0.362 e. The molecule has 0 spiro atoms. The fourth-order valence-electron chi connectivity index (χ4n) is 1.52. The second kappa shape index (κ2) is 5.54. The molecule has 2 N–H and O–H groups in total. The molecule has 0 aliphatic carbocycles. The van der Waals surface area contributed by atoms with E-state index in [4.69, 9.17) is 11.6 Å². The number of aromatic nitrogens is 2. The van der Waals surface area contributed by atoms with Crippen molar-refractivity contribution in [3.05, 3.63) is 56.0 Å². The first-order chi connectivity index (χ1) is 8.58. The van der Waals surface area contributed by atoms with Crippen LogP contribution in [-0.2, 0) is 0 Å². The van der Waals surface area contributed by atoms with Crippen LogP contribution >= 0.6 is 27.5 Å². The van der Waals surface area contributed by atoms with Crippen molar-refractivity contribution in [1.82, 2.24) is 9.97 Å². The van der Waals surface area contributed by atoms with E-state index < -0.39 is 0 Å². The lowest BCUT2D eigenvalue weighted by atomic mass is 10.1. The fraction of sp³-hybridized carbons (Fsp3) is 0.167. The van der Waals surface area contributed by atoms with Gasteiger partial charge in [-0.25, -0.2) is 4.98 Å². The molecule has 0 saturated heterocycles. The SMILES string of the molecule is CC(Nc1nc[nH]c(=O)c1Br)c1ccc(Cl)cc1. The predicted octanol–water partition coefficient (Wildman–Crippen LogP) is 3.36. The molecular formula is C12H11BrClN3O. The van der Waals surface area contributed by atoms with Gasteiger partial charge in [-0.3, -0.25) is 4.79 Å². The molecule has 18 heavy (non-hydrogen) atoms. The summed E-state index contributed by atoms with van der Waals surface area (Å²) in [5.41, 5.74) is 0.851. The van der Waals surface area contributed by atoms with Crippen molar-refractivity contribution >= 4 is 33.3 Å².